The first-order valence-corrected chi connectivity index (χ1v) is 5.47. The summed E-state index contributed by atoms with van der Waals surface area (Å²) in [5, 5.41) is 2.10. The third-order valence-corrected chi connectivity index (χ3v) is 2.38. The van der Waals surface area contributed by atoms with Gasteiger partial charge >= 0.3 is 5.97 Å². The monoisotopic (exact) mass is 249 g/mol. The first-order chi connectivity index (χ1) is 8.54. The van der Waals surface area contributed by atoms with Gasteiger partial charge in [0.25, 0.3) is 0 Å². The Balaban J connectivity index is 2.82. The summed E-state index contributed by atoms with van der Waals surface area (Å²) in [7, 11) is 1.21. The number of esters is 1. The standard InChI is InChI=1S/C13H15NO4/c1-9(15)14-12(16)11(13(17)18-2)8-10-6-4-3-5-7-10/h3-7,11H,8H2,1-2H3,(H,14,15,16). The van der Waals surface area contributed by atoms with Crippen molar-refractivity contribution in [2.45, 2.75) is 13.3 Å². The maximum atomic E-state index is 11.7. The van der Waals surface area contributed by atoms with E-state index >= 15 is 0 Å². The highest BCUT2D eigenvalue weighted by Crippen LogP contribution is 2.10. The molecule has 2 amide bonds. The number of benzene rings is 1. The molecule has 0 saturated heterocycles. The maximum Gasteiger partial charge on any atom is 0.318 e. The Morgan fingerprint density at radius 2 is 1.83 bits per heavy atom. The predicted molar refractivity (Wildman–Crippen MR) is 64.5 cm³/mol. The predicted octanol–water partition coefficient (Wildman–Crippen LogP) is 0.681. The number of hydrogen-bond acceptors (Lipinski definition) is 4. The number of amides is 2. The van der Waals surface area contributed by atoms with E-state index < -0.39 is 23.7 Å². The second kappa shape index (κ2) is 6.54. The average molecular weight is 249 g/mol. The van der Waals surface area contributed by atoms with E-state index in [9.17, 15) is 14.4 Å². The third kappa shape index (κ3) is 4.01. The molecule has 1 atom stereocenters. The summed E-state index contributed by atoms with van der Waals surface area (Å²) in [4.78, 5) is 34.1. The molecule has 0 aliphatic rings. The lowest BCUT2D eigenvalue weighted by Crippen LogP contribution is -2.39. The van der Waals surface area contributed by atoms with Crippen molar-refractivity contribution in [1.82, 2.24) is 5.32 Å². The Kier molecular flexibility index (Phi) is 5.05. The molecule has 18 heavy (non-hydrogen) atoms. The molecule has 0 heterocycles. The molecule has 0 spiro atoms. The van der Waals surface area contributed by atoms with E-state index in [0.29, 0.717) is 0 Å². The van der Waals surface area contributed by atoms with Crippen molar-refractivity contribution < 1.29 is 19.1 Å². The second-order valence-corrected chi connectivity index (χ2v) is 3.81. The topological polar surface area (TPSA) is 72.5 Å². The molecular formula is C13H15NO4. The molecule has 0 aliphatic heterocycles. The van der Waals surface area contributed by atoms with Crippen LogP contribution in [0.5, 0.6) is 0 Å². The van der Waals surface area contributed by atoms with Gasteiger partial charge in [-0.25, -0.2) is 0 Å². The largest absolute Gasteiger partial charge is 0.468 e. The SMILES string of the molecule is COC(=O)C(Cc1ccccc1)C(=O)NC(C)=O. The summed E-state index contributed by atoms with van der Waals surface area (Å²) in [6, 6.07) is 9.07. The molecule has 5 heteroatoms. The van der Waals surface area contributed by atoms with Crippen LogP contribution in [0, 0.1) is 5.92 Å². The van der Waals surface area contributed by atoms with E-state index in [-0.39, 0.29) is 6.42 Å². The number of hydrogen-bond donors (Lipinski definition) is 1. The number of nitrogens with one attached hydrogen (secondary N) is 1. The van der Waals surface area contributed by atoms with Gasteiger partial charge in [0.15, 0.2) is 0 Å². The van der Waals surface area contributed by atoms with Crippen molar-refractivity contribution >= 4 is 17.8 Å². The minimum atomic E-state index is -1.01. The van der Waals surface area contributed by atoms with Crippen LogP contribution in [0.25, 0.3) is 0 Å². The van der Waals surface area contributed by atoms with Gasteiger partial charge in [-0.3, -0.25) is 19.7 Å². The van der Waals surface area contributed by atoms with Crippen molar-refractivity contribution in [2.75, 3.05) is 7.11 Å². The molecule has 0 aromatic heterocycles. The lowest BCUT2D eigenvalue weighted by atomic mass is 9.98. The van der Waals surface area contributed by atoms with Crippen molar-refractivity contribution in [3.8, 4) is 0 Å². The minimum Gasteiger partial charge on any atom is -0.468 e. The second-order valence-electron chi connectivity index (χ2n) is 3.81. The number of imide groups is 1. The van der Waals surface area contributed by atoms with Gasteiger partial charge in [0.2, 0.25) is 11.8 Å². The molecule has 1 rings (SSSR count). The fraction of sp³-hybridized carbons (Fsp3) is 0.308. The molecular weight excluding hydrogens is 234 g/mol. The van der Waals surface area contributed by atoms with Crippen LogP contribution in [0.3, 0.4) is 0 Å². The van der Waals surface area contributed by atoms with Gasteiger partial charge < -0.3 is 4.74 Å². The van der Waals surface area contributed by atoms with E-state index in [0.717, 1.165) is 5.56 Å². The lowest BCUT2D eigenvalue weighted by molar-refractivity contribution is -0.150. The van der Waals surface area contributed by atoms with E-state index in [1.165, 1.54) is 14.0 Å². The van der Waals surface area contributed by atoms with Gasteiger partial charge in [-0.2, -0.15) is 0 Å². The van der Waals surface area contributed by atoms with Crippen LogP contribution in [-0.2, 0) is 25.5 Å². The quantitative estimate of drug-likeness (QED) is 0.629. The van der Waals surface area contributed by atoms with Crippen LogP contribution in [-0.4, -0.2) is 24.9 Å². The number of carbonyl (C=O) groups is 3. The Hall–Kier alpha value is -2.17. The normalized spacial score (nSPS) is 11.4. The van der Waals surface area contributed by atoms with Crippen LogP contribution in [0.2, 0.25) is 0 Å². The van der Waals surface area contributed by atoms with Gasteiger partial charge in [-0.15, -0.1) is 0 Å². The molecule has 0 saturated carbocycles. The minimum absolute atomic E-state index is 0.201. The summed E-state index contributed by atoms with van der Waals surface area (Å²) in [5.41, 5.74) is 0.826. The van der Waals surface area contributed by atoms with Crippen LogP contribution in [0.4, 0.5) is 0 Å². The molecule has 1 N–H and O–H groups in total. The number of carbonyl (C=O) groups excluding carboxylic acids is 3. The highest BCUT2D eigenvalue weighted by molar-refractivity contribution is 6.04. The van der Waals surface area contributed by atoms with E-state index in [1.54, 1.807) is 12.1 Å². The van der Waals surface area contributed by atoms with Crippen LogP contribution in [0.1, 0.15) is 12.5 Å². The van der Waals surface area contributed by atoms with Gasteiger partial charge in [-0.05, 0) is 12.0 Å². The van der Waals surface area contributed by atoms with Crippen molar-refractivity contribution in [3.63, 3.8) is 0 Å². The molecule has 1 aromatic carbocycles. The number of methoxy groups -OCH3 is 1. The first-order valence-electron chi connectivity index (χ1n) is 5.47. The molecule has 0 aliphatic carbocycles. The molecule has 1 aromatic rings. The van der Waals surface area contributed by atoms with Crippen LogP contribution < -0.4 is 5.32 Å². The van der Waals surface area contributed by atoms with Gasteiger partial charge in [0.05, 0.1) is 7.11 Å². The van der Waals surface area contributed by atoms with Crippen molar-refractivity contribution in [1.29, 1.82) is 0 Å². The highest BCUT2D eigenvalue weighted by atomic mass is 16.5. The summed E-state index contributed by atoms with van der Waals surface area (Å²) >= 11 is 0. The zero-order valence-corrected chi connectivity index (χ0v) is 10.3. The van der Waals surface area contributed by atoms with E-state index in [2.05, 4.69) is 10.1 Å². The van der Waals surface area contributed by atoms with E-state index in [4.69, 9.17) is 0 Å². The molecule has 0 fully saturated rings. The summed E-state index contributed by atoms with van der Waals surface area (Å²) < 4.78 is 4.58. The summed E-state index contributed by atoms with van der Waals surface area (Å²) in [6.07, 6.45) is 0.201. The Morgan fingerprint density at radius 3 is 2.33 bits per heavy atom. The first kappa shape index (κ1) is 13.9. The van der Waals surface area contributed by atoms with Gasteiger partial charge in [0.1, 0.15) is 5.92 Å². The van der Waals surface area contributed by atoms with Gasteiger partial charge in [0, 0.05) is 6.92 Å². The van der Waals surface area contributed by atoms with Crippen molar-refractivity contribution in [2.24, 2.45) is 5.92 Å². The molecule has 0 radical (unpaired) electrons. The number of ether oxygens (including phenoxy) is 1. The van der Waals surface area contributed by atoms with Crippen molar-refractivity contribution in [3.05, 3.63) is 35.9 Å². The molecule has 96 valence electrons. The summed E-state index contributed by atoms with van der Waals surface area (Å²) in [5.74, 6) is -2.81. The number of rotatable bonds is 4. The zero-order valence-electron chi connectivity index (χ0n) is 10.3. The molecule has 5 nitrogen and oxygen atoms in total. The van der Waals surface area contributed by atoms with Crippen LogP contribution in [0.15, 0.2) is 30.3 Å². The zero-order chi connectivity index (χ0) is 13.5. The maximum absolute atomic E-state index is 11.7. The van der Waals surface area contributed by atoms with Gasteiger partial charge in [-0.1, -0.05) is 30.3 Å². The fourth-order valence-electron chi connectivity index (χ4n) is 1.54. The van der Waals surface area contributed by atoms with Crippen LogP contribution >= 0.6 is 0 Å². The average Bonchev–Trinajstić information content (AvgIpc) is 2.35. The lowest BCUT2D eigenvalue weighted by Gasteiger charge is -2.13. The third-order valence-electron chi connectivity index (χ3n) is 2.38. The molecule has 0 bridgehead atoms. The summed E-state index contributed by atoms with van der Waals surface area (Å²) in [6.45, 7) is 1.22. The fourth-order valence-corrected chi connectivity index (χ4v) is 1.54. The Labute approximate surface area is 105 Å². The Bertz CT molecular complexity index is 442. The molecule has 1 unspecified atom stereocenters. The Morgan fingerprint density at radius 1 is 1.22 bits per heavy atom. The smallest absolute Gasteiger partial charge is 0.318 e. The highest BCUT2D eigenvalue weighted by Gasteiger charge is 2.28. The van der Waals surface area contributed by atoms with E-state index in [1.807, 2.05) is 18.2 Å².